The Hall–Kier alpha value is -3.30. The highest BCUT2D eigenvalue weighted by atomic mass is 16.5. The molecule has 2 N–H and O–H groups in total. The number of nitriles is 1. The molecule has 0 unspecified atom stereocenters. The largest absolute Gasteiger partial charge is 0.494 e. The summed E-state index contributed by atoms with van der Waals surface area (Å²) in [5, 5.41) is 15.7. The van der Waals surface area contributed by atoms with Crippen LogP contribution in [0, 0.1) is 11.3 Å². The number of rotatable bonds is 11. The van der Waals surface area contributed by atoms with E-state index in [-0.39, 0.29) is 0 Å². The van der Waals surface area contributed by atoms with Crippen molar-refractivity contribution in [2.45, 2.75) is 26.4 Å². The van der Waals surface area contributed by atoms with Gasteiger partial charge in [-0.15, -0.1) is 0 Å². The predicted molar refractivity (Wildman–Crippen MR) is 111 cm³/mol. The average Bonchev–Trinajstić information content (AvgIpc) is 3.17. The molecule has 2 aromatic carbocycles. The fourth-order valence-electron chi connectivity index (χ4n) is 3.05. The van der Waals surface area contributed by atoms with Crippen molar-refractivity contribution in [3.63, 3.8) is 0 Å². The van der Waals surface area contributed by atoms with Crippen molar-refractivity contribution >= 4 is 0 Å². The van der Waals surface area contributed by atoms with Crippen molar-refractivity contribution in [3.05, 3.63) is 66.4 Å². The van der Waals surface area contributed by atoms with Gasteiger partial charge in [0, 0.05) is 11.8 Å². The van der Waals surface area contributed by atoms with Crippen LogP contribution in [0.4, 0.5) is 0 Å². The van der Waals surface area contributed by atoms with Gasteiger partial charge in [-0.05, 0) is 31.2 Å². The van der Waals surface area contributed by atoms with E-state index in [1.54, 1.807) is 0 Å². The second-order valence-electron chi connectivity index (χ2n) is 6.57. The summed E-state index contributed by atoms with van der Waals surface area (Å²) < 4.78 is 13.1. The molecule has 1 heterocycles. The number of hydrogen-bond acceptors (Lipinski definition) is 4. The molecule has 0 bridgehead atoms. The number of ether oxygens (including phenoxy) is 2. The lowest BCUT2D eigenvalue weighted by atomic mass is 10.1. The highest BCUT2D eigenvalue weighted by Crippen LogP contribution is 2.21. The molecule has 29 heavy (non-hydrogen) atoms. The molecule has 3 rings (SSSR count). The van der Waals surface area contributed by atoms with Gasteiger partial charge >= 0.3 is 0 Å². The topological polar surface area (TPSA) is 76.7 Å². The Morgan fingerprint density at radius 1 is 1.03 bits per heavy atom. The Labute approximate surface area is 171 Å². The smallest absolute Gasteiger partial charge is 0.137 e. The first-order valence-corrected chi connectivity index (χ1v) is 9.96. The fourth-order valence-corrected chi connectivity index (χ4v) is 3.05. The minimum Gasteiger partial charge on any atom is -0.494 e. The lowest BCUT2D eigenvalue weighted by Gasteiger charge is -2.07. The Morgan fingerprint density at radius 2 is 1.76 bits per heavy atom. The maximum atomic E-state index is 8.84. The molecular weight excluding hydrogens is 364 g/mol. The monoisotopic (exact) mass is 391 g/mol. The van der Waals surface area contributed by atoms with Gasteiger partial charge in [0.2, 0.25) is 0 Å². The first kappa shape index (κ1) is 20.4. The number of benzene rings is 2. The number of hydrogen-bond donors (Lipinski definition) is 1. The zero-order chi connectivity index (χ0) is 20.3. The quantitative estimate of drug-likeness (QED) is 0.510. The van der Waals surface area contributed by atoms with Crippen LogP contribution in [0.3, 0.4) is 0 Å². The van der Waals surface area contributed by atoms with Crippen molar-refractivity contribution in [1.29, 1.82) is 5.26 Å². The second-order valence-corrected chi connectivity index (χ2v) is 6.57. The van der Waals surface area contributed by atoms with Gasteiger partial charge in [0.1, 0.15) is 36.9 Å². The first-order valence-electron chi connectivity index (χ1n) is 9.96. The maximum Gasteiger partial charge on any atom is 0.137 e. The normalized spacial score (nSPS) is 10.5. The van der Waals surface area contributed by atoms with Crippen molar-refractivity contribution in [3.8, 4) is 28.8 Å². The van der Waals surface area contributed by atoms with Crippen LogP contribution in [0.5, 0.6) is 11.5 Å². The van der Waals surface area contributed by atoms with Gasteiger partial charge in [-0.1, -0.05) is 30.3 Å². The molecule has 6 nitrogen and oxygen atoms in total. The summed E-state index contributed by atoms with van der Waals surface area (Å²) in [6.45, 7) is 5.51. The number of nitrogens with two attached hydrogens (primary N) is 1. The van der Waals surface area contributed by atoms with Crippen LogP contribution in [0.2, 0.25) is 0 Å². The summed E-state index contributed by atoms with van der Waals surface area (Å²) in [5.74, 6) is 1.70. The third-order valence-electron chi connectivity index (χ3n) is 4.43. The molecule has 3 aromatic rings. The van der Waals surface area contributed by atoms with Crippen LogP contribution in [-0.2, 0) is 13.1 Å². The van der Waals surface area contributed by atoms with Crippen LogP contribution >= 0.6 is 0 Å². The molecule has 0 aliphatic heterocycles. The summed E-state index contributed by atoms with van der Waals surface area (Å²) in [6, 6.07) is 20.0. The van der Waals surface area contributed by atoms with Crippen LogP contribution in [0.1, 0.15) is 18.9 Å². The van der Waals surface area contributed by atoms with Crippen molar-refractivity contribution in [2.75, 3.05) is 19.8 Å². The van der Waals surface area contributed by atoms with Crippen LogP contribution in [0.25, 0.3) is 11.3 Å². The molecule has 1 aromatic heterocycles. The molecule has 6 heteroatoms. The van der Waals surface area contributed by atoms with E-state index in [0.717, 1.165) is 41.4 Å². The Balaban J connectivity index is 1.53. The van der Waals surface area contributed by atoms with E-state index in [1.165, 1.54) is 0 Å². The third-order valence-corrected chi connectivity index (χ3v) is 4.43. The SMILES string of the molecule is CCOc1ccc(OCC[NH2+]Cc2cn(CCC#N)nc2-c2ccccc2)cc1. The standard InChI is InChI=1S/C23H26N4O2/c1-2-28-21-9-11-22(12-10-21)29-16-14-25-17-20-18-27(15-6-13-24)26-23(20)19-7-4-3-5-8-19/h3-5,7-12,18,25H,2,6,14-17H2,1H3/p+1. The van der Waals surface area contributed by atoms with Crippen LogP contribution in [0.15, 0.2) is 60.8 Å². The second kappa shape index (κ2) is 10.9. The lowest BCUT2D eigenvalue weighted by molar-refractivity contribution is -0.671. The highest BCUT2D eigenvalue weighted by molar-refractivity contribution is 5.62. The molecule has 0 spiro atoms. The molecule has 0 fully saturated rings. The van der Waals surface area contributed by atoms with Gasteiger partial charge in [0.05, 0.1) is 31.2 Å². The molecule has 0 amide bonds. The molecule has 150 valence electrons. The van der Waals surface area contributed by atoms with Crippen molar-refractivity contribution in [1.82, 2.24) is 9.78 Å². The Bertz CT molecular complexity index is 914. The molecule has 0 aliphatic carbocycles. The van der Waals surface area contributed by atoms with E-state index in [1.807, 2.05) is 60.3 Å². The van der Waals surface area contributed by atoms with E-state index < -0.39 is 0 Å². The molecular formula is C23H27N4O2+. The minimum atomic E-state index is 0.453. The maximum absolute atomic E-state index is 8.84. The minimum absolute atomic E-state index is 0.453. The van der Waals surface area contributed by atoms with E-state index in [9.17, 15) is 0 Å². The van der Waals surface area contributed by atoms with E-state index in [0.29, 0.717) is 26.2 Å². The van der Waals surface area contributed by atoms with E-state index in [4.69, 9.17) is 19.8 Å². The van der Waals surface area contributed by atoms with Gasteiger partial charge in [0.15, 0.2) is 0 Å². The van der Waals surface area contributed by atoms with Gasteiger partial charge in [0.25, 0.3) is 0 Å². The summed E-state index contributed by atoms with van der Waals surface area (Å²) >= 11 is 0. The van der Waals surface area contributed by atoms with Gasteiger partial charge < -0.3 is 14.8 Å². The zero-order valence-electron chi connectivity index (χ0n) is 16.8. The van der Waals surface area contributed by atoms with Gasteiger partial charge in [-0.2, -0.15) is 10.4 Å². The molecule has 0 saturated carbocycles. The molecule has 0 radical (unpaired) electrons. The Morgan fingerprint density at radius 3 is 2.45 bits per heavy atom. The van der Waals surface area contributed by atoms with Gasteiger partial charge in [-0.3, -0.25) is 4.68 Å². The van der Waals surface area contributed by atoms with Crippen molar-refractivity contribution in [2.24, 2.45) is 0 Å². The predicted octanol–water partition coefficient (Wildman–Crippen LogP) is 3.00. The number of aromatic nitrogens is 2. The average molecular weight is 391 g/mol. The summed E-state index contributed by atoms with van der Waals surface area (Å²) in [7, 11) is 0. The number of aryl methyl sites for hydroxylation is 1. The van der Waals surface area contributed by atoms with Gasteiger partial charge in [-0.25, -0.2) is 0 Å². The molecule has 0 atom stereocenters. The van der Waals surface area contributed by atoms with E-state index in [2.05, 4.69) is 23.5 Å². The highest BCUT2D eigenvalue weighted by Gasteiger charge is 2.12. The summed E-state index contributed by atoms with van der Waals surface area (Å²) in [4.78, 5) is 0. The van der Waals surface area contributed by atoms with Crippen molar-refractivity contribution < 1.29 is 14.8 Å². The zero-order valence-corrected chi connectivity index (χ0v) is 16.8. The summed E-state index contributed by atoms with van der Waals surface area (Å²) in [5.41, 5.74) is 3.24. The number of quaternary nitrogens is 1. The molecule has 0 saturated heterocycles. The fraction of sp³-hybridized carbons (Fsp3) is 0.304. The lowest BCUT2D eigenvalue weighted by Crippen LogP contribution is -2.83. The summed E-state index contributed by atoms with van der Waals surface area (Å²) in [6.07, 6.45) is 2.50. The first-order chi connectivity index (χ1) is 14.3. The van der Waals surface area contributed by atoms with Crippen LogP contribution < -0.4 is 14.8 Å². The third kappa shape index (κ3) is 6.09. The number of nitrogens with zero attached hydrogens (tertiary/aromatic N) is 3. The Kier molecular flexibility index (Phi) is 7.67. The van der Waals surface area contributed by atoms with E-state index >= 15 is 0 Å². The van der Waals surface area contributed by atoms with Crippen LogP contribution in [-0.4, -0.2) is 29.5 Å². The molecule has 0 aliphatic rings.